The summed E-state index contributed by atoms with van der Waals surface area (Å²) in [6.45, 7) is 0. The van der Waals surface area contributed by atoms with Crippen LogP contribution in [0.15, 0.2) is 53.4 Å². The highest BCUT2D eigenvalue weighted by molar-refractivity contribution is 8.26. The van der Waals surface area contributed by atoms with E-state index < -0.39 is 17.9 Å². The fraction of sp³-hybridized carbons (Fsp3) is 0.190. The number of para-hydroxylation sites is 1. The largest absolute Gasteiger partial charge is 0.493 e. The Bertz CT molecular complexity index is 974. The number of carboxylic acid groups (broad SMARTS) is 1. The molecule has 0 bridgehead atoms. The normalized spacial score (nSPS) is 16.2. The molecule has 8 heteroatoms. The molecule has 0 radical (unpaired) electrons. The lowest BCUT2D eigenvalue weighted by molar-refractivity contribution is -0.145. The molecule has 1 atom stereocenters. The van der Waals surface area contributed by atoms with E-state index in [0.29, 0.717) is 22.0 Å². The number of hydrogen-bond acceptors (Lipinski definition) is 6. The lowest BCUT2D eigenvalue weighted by Crippen LogP contribution is -2.45. The lowest BCUT2D eigenvalue weighted by Gasteiger charge is -2.23. The molecule has 1 heterocycles. The first kappa shape index (κ1) is 20.9. The van der Waals surface area contributed by atoms with Crippen molar-refractivity contribution in [2.24, 2.45) is 0 Å². The zero-order valence-electron chi connectivity index (χ0n) is 15.8. The third-order valence-electron chi connectivity index (χ3n) is 4.41. The van der Waals surface area contributed by atoms with E-state index in [1.54, 1.807) is 24.3 Å². The number of hydrogen-bond donors (Lipinski definition) is 1. The van der Waals surface area contributed by atoms with E-state index in [0.717, 1.165) is 17.3 Å². The van der Waals surface area contributed by atoms with Gasteiger partial charge < -0.3 is 14.6 Å². The van der Waals surface area contributed by atoms with Gasteiger partial charge in [0.15, 0.2) is 11.5 Å². The third-order valence-corrected chi connectivity index (χ3v) is 5.74. The van der Waals surface area contributed by atoms with Gasteiger partial charge in [-0.25, -0.2) is 4.79 Å². The zero-order chi connectivity index (χ0) is 21.0. The number of aliphatic carboxylic acids is 1. The van der Waals surface area contributed by atoms with Crippen LogP contribution in [0, 0.1) is 0 Å². The summed E-state index contributed by atoms with van der Waals surface area (Å²) in [4.78, 5) is 26.4. The summed E-state index contributed by atoms with van der Waals surface area (Å²) >= 11 is 6.42. The first-order chi connectivity index (χ1) is 14.0. The van der Waals surface area contributed by atoms with Crippen molar-refractivity contribution in [1.82, 2.24) is 4.90 Å². The lowest BCUT2D eigenvalue weighted by atomic mass is 10.0. The number of nitrogens with zero attached hydrogens (tertiary/aromatic N) is 1. The van der Waals surface area contributed by atoms with Gasteiger partial charge in [-0.3, -0.25) is 9.69 Å². The number of ether oxygens (including phenoxy) is 2. The van der Waals surface area contributed by atoms with Crippen LogP contribution < -0.4 is 9.47 Å². The highest BCUT2D eigenvalue weighted by Crippen LogP contribution is 2.38. The summed E-state index contributed by atoms with van der Waals surface area (Å²) in [7, 11) is 3.04. The van der Waals surface area contributed by atoms with Gasteiger partial charge in [0, 0.05) is 12.0 Å². The molecule has 6 nitrogen and oxygen atoms in total. The quantitative estimate of drug-likeness (QED) is 0.532. The predicted molar refractivity (Wildman–Crippen MR) is 116 cm³/mol. The topological polar surface area (TPSA) is 76.1 Å². The molecule has 0 aliphatic carbocycles. The van der Waals surface area contributed by atoms with Gasteiger partial charge in [0.25, 0.3) is 5.91 Å². The molecule has 0 unspecified atom stereocenters. The molecular weight excluding hydrogens is 410 g/mol. The van der Waals surface area contributed by atoms with Gasteiger partial charge in [0.2, 0.25) is 0 Å². The number of amides is 1. The van der Waals surface area contributed by atoms with Crippen molar-refractivity contribution in [3.63, 3.8) is 0 Å². The van der Waals surface area contributed by atoms with Crippen LogP contribution in [0.2, 0.25) is 0 Å². The molecule has 2 aromatic carbocycles. The molecule has 1 aliphatic rings. The maximum absolute atomic E-state index is 13.0. The number of benzene rings is 2. The van der Waals surface area contributed by atoms with Crippen LogP contribution in [-0.2, 0) is 16.0 Å². The summed E-state index contributed by atoms with van der Waals surface area (Å²) in [5, 5.41) is 9.74. The average molecular weight is 430 g/mol. The molecule has 1 aliphatic heterocycles. The molecule has 2 aromatic rings. The van der Waals surface area contributed by atoms with E-state index in [9.17, 15) is 14.7 Å². The molecule has 0 spiro atoms. The Kier molecular flexibility index (Phi) is 6.56. The number of methoxy groups -OCH3 is 2. The highest BCUT2D eigenvalue weighted by atomic mass is 32.2. The van der Waals surface area contributed by atoms with E-state index in [1.807, 2.05) is 30.3 Å². The van der Waals surface area contributed by atoms with Crippen molar-refractivity contribution in [2.75, 3.05) is 14.2 Å². The maximum atomic E-state index is 13.0. The molecule has 3 rings (SSSR count). The summed E-state index contributed by atoms with van der Waals surface area (Å²) in [5.41, 5.74) is 1.45. The molecule has 1 fully saturated rings. The van der Waals surface area contributed by atoms with Crippen LogP contribution in [0.1, 0.15) is 11.1 Å². The Balaban J connectivity index is 1.93. The number of thioether (sulfide) groups is 1. The molecule has 0 saturated carbocycles. The molecule has 1 amide bonds. The number of carbonyl (C=O) groups is 2. The van der Waals surface area contributed by atoms with E-state index >= 15 is 0 Å². The van der Waals surface area contributed by atoms with Crippen molar-refractivity contribution in [1.29, 1.82) is 0 Å². The molecule has 1 N–H and O–H groups in total. The van der Waals surface area contributed by atoms with Gasteiger partial charge in [0.05, 0.1) is 19.1 Å². The van der Waals surface area contributed by atoms with E-state index in [4.69, 9.17) is 21.7 Å². The van der Waals surface area contributed by atoms with Gasteiger partial charge in [-0.1, -0.05) is 66.4 Å². The summed E-state index contributed by atoms with van der Waals surface area (Å²) in [5.74, 6) is -0.526. The van der Waals surface area contributed by atoms with E-state index in [2.05, 4.69) is 0 Å². The van der Waals surface area contributed by atoms with Crippen LogP contribution in [0.5, 0.6) is 11.5 Å². The van der Waals surface area contributed by atoms with Crippen LogP contribution in [-0.4, -0.2) is 46.5 Å². The minimum absolute atomic E-state index is 0.165. The van der Waals surface area contributed by atoms with Crippen molar-refractivity contribution in [2.45, 2.75) is 12.5 Å². The number of carbonyl (C=O) groups excluding carboxylic acids is 1. The Morgan fingerprint density at radius 1 is 1.17 bits per heavy atom. The smallest absolute Gasteiger partial charge is 0.327 e. The Hall–Kier alpha value is -2.84. The van der Waals surface area contributed by atoms with Crippen molar-refractivity contribution < 1.29 is 24.2 Å². The van der Waals surface area contributed by atoms with Crippen molar-refractivity contribution in [3.05, 3.63) is 64.6 Å². The van der Waals surface area contributed by atoms with Crippen molar-refractivity contribution >= 4 is 46.3 Å². The van der Waals surface area contributed by atoms with Gasteiger partial charge in [0.1, 0.15) is 10.4 Å². The fourth-order valence-electron chi connectivity index (χ4n) is 3.04. The molecule has 1 saturated heterocycles. The summed E-state index contributed by atoms with van der Waals surface area (Å²) < 4.78 is 10.9. The average Bonchev–Trinajstić information content (AvgIpc) is 2.99. The van der Waals surface area contributed by atoms with Gasteiger partial charge in [-0.2, -0.15) is 0 Å². The van der Waals surface area contributed by atoms with Gasteiger partial charge >= 0.3 is 5.97 Å². The molecular formula is C21H19NO5S2. The van der Waals surface area contributed by atoms with Crippen molar-refractivity contribution in [3.8, 4) is 11.5 Å². The Morgan fingerprint density at radius 3 is 2.52 bits per heavy atom. The minimum atomic E-state index is -1.11. The SMILES string of the molecule is COc1cccc(/C=C2\SC(=S)N([C@H](Cc3ccccc3)C(=O)O)C2=O)c1OC. The fourth-order valence-corrected chi connectivity index (χ4v) is 4.39. The second kappa shape index (κ2) is 9.11. The predicted octanol–water partition coefficient (Wildman–Crippen LogP) is 3.60. The highest BCUT2D eigenvalue weighted by Gasteiger charge is 2.40. The van der Waals surface area contributed by atoms with Gasteiger partial charge in [-0.05, 0) is 17.7 Å². The van der Waals surface area contributed by atoms with Crippen LogP contribution in [0.3, 0.4) is 0 Å². The molecule has 29 heavy (non-hydrogen) atoms. The van der Waals surface area contributed by atoms with E-state index in [-0.39, 0.29) is 10.7 Å². The summed E-state index contributed by atoms with van der Waals surface area (Å²) in [6, 6.07) is 13.4. The Morgan fingerprint density at radius 2 is 1.90 bits per heavy atom. The second-order valence-electron chi connectivity index (χ2n) is 6.18. The van der Waals surface area contributed by atoms with Crippen LogP contribution in [0.25, 0.3) is 6.08 Å². The van der Waals surface area contributed by atoms with Crippen LogP contribution in [0.4, 0.5) is 0 Å². The first-order valence-corrected chi connectivity index (χ1v) is 9.93. The zero-order valence-corrected chi connectivity index (χ0v) is 17.5. The number of thiocarbonyl (C=S) groups is 1. The van der Waals surface area contributed by atoms with E-state index in [1.165, 1.54) is 19.1 Å². The molecule has 0 aromatic heterocycles. The molecule has 150 valence electrons. The number of carboxylic acids is 1. The Labute approximate surface area is 178 Å². The first-order valence-electron chi connectivity index (χ1n) is 8.71. The summed E-state index contributed by atoms with van der Waals surface area (Å²) in [6.07, 6.45) is 1.81. The van der Waals surface area contributed by atoms with Gasteiger partial charge in [-0.15, -0.1) is 0 Å². The standard InChI is InChI=1S/C21H19NO5S2/c1-26-16-10-6-9-14(18(16)27-2)12-17-19(23)22(21(28)29-17)15(20(24)25)11-13-7-4-3-5-8-13/h3-10,12,15H,11H2,1-2H3,(H,24,25)/b17-12-/t15-/m1/s1. The van der Waals surface area contributed by atoms with Crippen LogP contribution >= 0.6 is 24.0 Å². The minimum Gasteiger partial charge on any atom is -0.493 e. The monoisotopic (exact) mass is 429 g/mol. The maximum Gasteiger partial charge on any atom is 0.327 e. The third kappa shape index (κ3) is 4.44. The number of rotatable bonds is 7. The second-order valence-corrected chi connectivity index (χ2v) is 7.85.